The molecule has 0 aliphatic carbocycles. The first-order valence-corrected chi connectivity index (χ1v) is 6.25. The number of carbonyl (C=O) groups is 1. The molecule has 0 aliphatic heterocycles. The van der Waals surface area contributed by atoms with E-state index in [9.17, 15) is 9.90 Å². The van der Waals surface area contributed by atoms with Gasteiger partial charge in [0, 0.05) is 12.1 Å². The van der Waals surface area contributed by atoms with Gasteiger partial charge in [-0.05, 0) is 29.0 Å². The zero-order valence-corrected chi connectivity index (χ0v) is 10.7. The number of rotatable bonds is 3. The van der Waals surface area contributed by atoms with Gasteiger partial charge >= 0.3 is 0 Å². The topological polar surface area (TPSA) is 62.5 Å². The summed E-state index contributed by atoms with van der Waals surface area (Å²) in [7, 11) is 0. The Balaban J connectivity index is 1.85. The van der Waals surface area contributed by atoms with Gasteiger partial charge < -0.3 is 14.8 Å². The number of hydrogen-bond donors (Lipinski definition) is 2. The van der Waals surface area contributed by atoms with Crippen LogP contribution in [0.25, 0.3) is 10.8 Å². The highest BCUT2D eigenvalue weighted by molar-refractivity contribution is 6.01. The second-order valence-corrected chi connectivity index (χ2v) is 4.53. The third-order valence-corrected chi connectivity index (χ3v) is 3.14. The van der Waals surface area contributed by atoms with Gasteiger partial charge in [-0.25, -0.2) is 0 Å². The maximum absolute atomic E-state index is 12.1. The second kappa shape index (κ2) is 5.09. The predicted octanol–water partition coefficient (Wildman–Crippen LogP) is 3.07. The van der Waals surface area contributed by atoms with Gasteiger partial charge in [-0.3, -0.25) is 4.79 Å². The number of phenolic OH excluding ortho intramolecular Hbond substituents is 1. The molecule has 0 bridgehead atoms. The zero-order chi connectivity index (χ0) is 13.9. The van der Waals surface area contributed by atoms with E-state index >= 15 is 0 Å². The Kier molecular flexibility index (Phi) is 3.13. The fourth-order valence-electron chi connectivity index (χ4n) is 2.08. The number of phenols is 1. The molecule has 3 rings (SSSR count). The normalized spacial score (nSPS) is 10.6. The molecular weight excluding hydrogens is 254 g/mol. The van der Waals surface area contributed by atoms with Crippen molar-refractivity contribution in [1.29, 1.82) is 0 Å². The van der Waals surface area contributed by atoms with E-state index < -0.39 is 0 Å². The number of furan rings is 1. The largest absolute Gasteiger partial charge is 0.507 e. The van der Waals surface area contributed by atoms with Crippen LogP contribution in [0.5, 0.6) is 5.75 Å². The minimum Gasteiger partial charge on any atom is -0.507 e. The molecule has 3 aromatic rings. The minimum absolute atomic E-state index is 0.0200. The van der Waals surface area contributed by atoms with Gasteiger partial charge in [0.1, 0.15) is 5.75 Å². The molecule has 4 nitrogen and oxygen atoms in total. The summed E-state index contributed by atoms with van der Waals surface area (Å²) in [4.78, 5) is 12.1. The summed E-state index contributed by atoms with van der Waals surface area (Å²) < 4.78 is 4.93. The van der Waals surface area contributed by atoms with Gasteiger partial charge in [-0.15, -0.1) is 0 Å². The van der Waals surface area contributed by atoms with Crippen molar-refractivity contribution in [2.75, 3.05) is 0 Å². The standard InChI is InChI=1S/C16H13NO3/c18-15-8-13-4-2-1-3-12(13)7-14(15)16(19)17-9-11-5-6-20-10-11/h1-8,10,18H,9H2,(H,17,19). The lowest BCUT2D eigenvalue weighted by Gasteiger charge is -2.07. The molecular formula is C16H13NO3. The van der Waals surface area contributed by atoms with Crippen molar-refractivity contribution in [2.45, 2.75) is 6.54 Å². The number of aromatic hydroxyl groups is 1. The van der Waals surface area contributed by atoms with Gasteiger partial charge in [0.05, 0.1) is 18.1 Å². The van der Waals surface area contributed by atoms with E-state index in [0.29, 0.717) is 6.54 Å². The first-order valence-electron chi connectivity index (χ1n) is 6.25. The molecule has 0 atom stereocenters. The molecule has 0 aliphatic rings. The van der Waals surface area contributed by atoms with E-state index in [4.69, 9.17) is 4.42 Å². The smallest absolute Gasteiger partial charge is 0.255 e. The van der Waals surface area contributed by atoms with Crippen LogP contribution in [0.2, 0.25) is 0 Å². The molecule has 20 heavy (non-hydrogen) atoms. The number of amides is 1. The van der Waals surface area contributed by atoms with Crippen LogP contribution in [0.15, 0.2) is 59.4 Å². The van der Waals surface area contributed by atoms with E-state index in [0.717, 1.165) is 16.3 Å². The summed E-state index contributed by atoms with van der Waals surface area (Å²) in [6, 6.07) is 12.6. The predicted molar refractivity (Wildman–Crippen MR) is 75.5 cm³/mol. The van der Waals surface area contributed by atoms with Gasteiger partial charge in [0.25, 0.3) is 5.91 Å². The molecule has 100 valence electrons. The van der Waals surface area contributed by atoms with Gasteiger partial charge in [0.15, 0.2) is 0 Å². The van der Waals surface area contributed by atoms with E-state index in [1.807, 2.05) is 24.3 Å². The maximum Gasteiger partial charge on any atom is 0.255 e. The Hall–Kier alpha value is -2.75. The molecule has 2 aromatic carbocycles. The fraction of sp³-hybridized carbons (Fsp3) is 0.0625. The van der Waals surface area contributed by atoms with Crippen LogP contribution < -0.4 is 5.32 Å². The lowest BCUT2D eigenvalue weighted by Crippen LogP contribution is -2.22. The van der Waals surface area contributed by atoms with Gasteiger partial charge in [0.2, 0.25) is 0 Å². The van der Waals surface area contributed by atoms with Gasteiger partial charge in [-0.1, -0.05) is 24.3 Å². The average molecular weight is 267 g/mol. The third-order valence-electron chi connectivity index (χ3n) is 3.14. The minimum atomic E-state index is -0.311. The number of benzene rings is 2. The molecule has 1 aromatic heterocycles. The van der Waals surface area contributed by atoms with Gasteiger partial charge in [-0.2, -0.15) is 0 Å². The first kappa shape index (κ1) is 12.3. The lowest BCUT2D eigenvalue weighted by atomic mass is 10.1. The Bertz CT molecular complexity index is 748. The summed E-state index contributed by atoms with van der Waals surface area (Å²) in [5.41, 5.74) is 1.14. The average Bonchev–Trinajstić information content (AvgIpc) is 2.97. The maximum atomic E-state index is 12.1. The summed E-state index contributed by atoms with van der Waals surface area (Å²) in [5, 5.41) is 14.5. The number of nitrogens with one attached hydrogen (secondary N) is 1. The van der Waals surface area contributed by atoms with Crippen LogP contribution in [0.4, 0.5) is 0 Å². The molecule has 1 heterocycles. The Morgan fingerprint density at radius 1 is 1.15 bits per heavy atom. The lowest BCUT2D eigenvalue weighted by molar-refractivity contribution is 0.0948. The molecule has 0 saturated heterocycles. The van der Waals surface area contributed by atoms with Crippen LogP contribution in [-0.2, 0) is 6.54 Å². The SMILES string of the molecule is O=C(NCc1ccoc1)c1cc2ccccc2cc1O. The summed E-state index contributed by atoms with van der Waals surface area (Å²) in [6.07, 6.45) is 3.12. The van der Waals surface area contributed by atoms with Crippen molar-refractivity contribution < 1.29 is 14.3 Å². The molecule has 0 fully saturated rings. The highest BCUT2D eigenvalue weighted by Crippen LogP contribution is 2.24. The van der Waals surface area contributed by atoms with E-state index in [-0.39, 0.29) is 17.2 Å². The molecule has 1 amide bonds. The molecule has 2 N–H and O–H groups in total. The molecule has 0 unspecified atom stereocenters. The van der Waals surface area contributed by atoms with E-state index in [1.54, 1.807) is 30.7 Å². The van der Waals surface area contributed by atoms with Crippen molar-refractivity contribution >= 4 is 16.7 Å². The van der Waals surface area contributed by atoms with Crippen LogP contribution in [0.1, 0.15) is 15.9 Å². The highest BCUT2D eigenvalue weighted by Gasteiger charge is 2.12. The highest BCUT2D eigenvalue weighted by atomic mass is 16.3. The van der Waals surface area contributed by atoms with Crippen LogP contribution in [0, 0.1) is 0 Å². The van der Waals surface area contributed by atoms with Crippen molar-refractivity contribution in [3.05, 3.63) is 66.1 Å². The number of carbonyl (C=O) groups excluding carboxylic acids is 1. The molecule has 0 radical (unpaired) electrons. The summed E-state index contributed by atoms with van der Waals surface area (Å²) in [5.74, 6) is -0.331. The van der Waals surface area contributed by atoms with Crippen molar-refractivity contribution in [3.63, 3.8) is 0 Å². The fourth-order valence-corrected chi connectivity index (χ4v) is 2.08. The van der Waals surface area contributed by atoms with Crippen molar-refractivity contribution in [1.82, 2.24) is 5.32 Å². The third kappa shape index (κ3) is 2.36. The monoisotopic (exact) mass is 267 g/mol. The van der Waals surface area contributed by atoms with Crippen molar-refractivity contribution in [3.8, 4) is 5.75 Å². The van der Waals surface area contributed by atoms with E-state index in [1.165, 1.54) is 0 Å². The summed E-state index contributed by atoms with van der Waals surface area (Å²) in [6.45, 7) is 0.363. The quantitative estimate of drug-likeness (QED) is 0.766. The second-order valence-electron chi connectivity index (χ2n) is 4.53. The van der Waals surface area contributed by atoms with E-state index in [2.05, 4.69) is 5.32 Å². The number of hydrogen-bond acceptors (Lipinski definition) is 3. The first-order chi connectivity index (χ1) is 9.74. The van der Waals surface area contributed by atoms with Crippen LogP contribution in [-0.4, -0.2) is 11.0 Å². The Morgan fingerprint density at radius 3 is 2.60 bits per heavy atom. The summed E-state index contributed by atoms with van der Waals surface area (Å²) >= 11 is 0. The molecule has 0 saturated carbocycles. The Morgan fingerprint density at radius 2 is 1.90 bits per heavy atom. The van der Waals surface area contributed by atoms with Crippen LogP contribution >= 0.6 is 0 Å². The number of fused-ring (bicyclic) bond motifs is 1. The molecule has 0 spiro atoms. The Labute approximate surface area is 115 Å². The zero-order valence-electron chi connectivity index (χ0n) is 10.7. The molecule has 4 heteroatoms. The van der Waals surface area contributed by atoms with Crippen LogP contribution in [0.3, 0.4) is 0 Å². The van der Waals surface area contributed by atoms with Crippen molar-refractivity contribution in [2.24, 2.45) is 0 Å².